The summed E-state index contributed by atoms with van der Waals surface area (Å²) in [5.41, 5.74) is 2.80. The molecule has 1 aliphatic heterocycles. The molecular weight excluding hydrogens is 386 g/mol. The quantitative estimate of drug-likeness (QED) is 0.681. The van der Waals surface area contributed by atoms with Crippen LogP contribution in [0.3, 0.4) is 0 Å². The van der Waals surface area contributed by atoms with E-state index in [1.807, 2.05) is 43.3 Å². The number of carbonyl (C=O) groups is 1. The minimum atomic E-state index is -0.192. The van der Waals surface area contributed by atoms with Crippen molar-refractivity contribution in [2.24, 2.45) is 0 Å². The molecule has 2 aromatic carbocycles. The number of rotatable bonds is 4. The Morgan fingerprint density at radius 2 is 1.83 bits per heavy atom. The Labute approximate surface area is 171 Å². The van der Waals surface area contributed by atoms with E-state index < -0.39 is 0 Å². The van der Waals surface area contributed by atoms with Gasteiger partial charge in [-0.25, -0.2) is 0 Å². The van der Waals surface area contributed by atoms with E-state index in [4.69, 9.17) is 0 Å². The van der Waals surface area contributed by atoms with Crippen LogP contribution in [0.4, 0.5) is 5.69 Å². The first-order chi connectivity index (χ1) is 13.9. The number of phenols is 1. The second-order valence-corrected chi connectivity index (χ2v) is 8.17. The van der Waals surface area contributed by atoms with E-state index in [2.05, 4.69) is 5.32 Å². The topological polar surface area (TPSA) is 74.6 Å². The molecule has 0 unspecified atom stereocenters. The van der Waals surface area contributed by atoms with Crippen molar-refractivity contribution in [1.82, 2.24) is 9.47 Å². The summed E-state index contributed by atoms with van der Waals surface area (Å²) in [5, 5.41) is 12.4. The molecule has 0 fully saturated rings. The van der Waals surface area contributed by atoms with Gasteiger partial charge in [0.25, 0.3) is 11.5 Å². The van der Waals surface area contributed by atoms with E-state index in [1.54, 1.807) is 34.9 Å². The van der Waals surface area contributed by atoms with Crippen LogP contribution in [-0.2, 0) is 11.3 Å². The number of hydrogen-bond acceptors (Lipinski definition) is 5. The van der Waals surface area contributed by atoms with Crippen LogP contribution in [0.1, 0.15) is 11.1 Å². The second kappa shape index (κ2) is 7.69. The maximum Gasteiger partial charge on any atom is 0.269 e. The maximum absolute atomic E-state index is 13.2. The average molecular weight is 407 g/mol. The summed E-state index contributed by atoms with van der Waals surface area (Å²) in [6, 6.07) is 14.2. The molecule has 148 valence electrons. The molecule has 0 atom stereocenters. The van der Waals surface area contributed by atoms with Gasteiger partial charge in [-0.2, -0.15) is 0 Å². The lowest BCUT2D eigenvalue weighted by Crippen LogP contribution is -2.36. The molecule has 1 amide bonds. The molecule has 0 saturated heterocycles. The fourth-order valence-electron chi connectivity index (χ4n) is 3.26. The summed E-state index contributed by atoms with van der Waals surface area (Å²) in [4.78, 5) is 27.9. The van der Waals surface area contributed by atoms with Crippen molar-refractivity contribution in [2.75, 3.05) is 26.0 Å². The van der Waals surface area contributed by atoms with Crippen molar-refractivity contribution in [1.29, 1.82) is 0 Å². The fraction of sp³-hybridized carbons (Fsp3) is 0.182. The van der Waals surface area contributed by atoms with Crippen molar-refractivity contribution in [3.05, 3.63) is 79.2 Å². The van der Waals surface area contributed by atoms with Gasteiger partial charge in [0.15, 0.2) is 0 Å². The van der Waals surface area contributed by atoms with Gasteiger partial charge in [0.05, 0.1) is 10.1 Å². The standard InChI is InChI=1S/C22H21N3O3S/c1-24(2)11-12-25-21(28)18(13-14-7-9-15(26)10-8-14)29-22(25)19-16-5-3-4-6-17(16)23-20(19)27/h3-10,13,26H,11-12H2,1-2H3,(H,23,27)/b18-13-,22-19+. The SMILES string of the molecule is CN(C)CCn1c(=O)/c(=C/c2ccc(O)cc2)s/c1=C1/C(=O)Nc2ccccc21. The third-order valence-corrected chi connectivity index (χ3v) is 5.89. The lowest BCUT2D eigenvalue weighted by Gasteiger charge is -2.10. The first-order valence-corrected chi connectivity index (χ1v) is 10.1. The normalized spacial score (nSPS) is 15.7. The number of fused-ring (bicyclic) bond motifs is 1. The number of para-hydroxylation sites is 1. The molecule has 1 aliphatic rings. The molecule has 0 aliphatic carbocycles. The van der Waals surface area contributed by atoms with Gasteiger partial charge < -0.3 is 15.3 Å². The highest BCUT2D eigenvalue weighted by molar-refractivity contribution is 7.07. The number of benzene rings is 2. The molecule has 1 aromatic heterocycles. The molecule has 4 rings (SSSR count). The summed E-state index contributed by atoms with van der Waals surface area (Å²) < 4.78 is 2.90. The van der Waals surface area contributed by atoms with E-state index in [-0.39, 0.29) is 17.2 Å². The monoisotopic (exact) mass is 407 g/mol. The zero-order valence-corrected chi connectivity index (χ0v) is 17.0. The van der Waals surface area contributed by atoms with Gasteiger partial charge in [-0.3, -0.25) is 14.2 Å². The third kappa shape index (κ3) is 3.74. The Balaban J connectivity index is 1.98. The largest absolute Gasteiger partial charge is 0.508 e. The Morgan fingerprint density at radius 3 is 2.55 bits per heavy atom. The second-order valence-electron chi connectivity index (χ2n) is 7.14. The molecule has 7 heteroatoms. The zero-order chi connectivity index (χ0) is 20.5. The highest BCUT2D eigenvalue weighted by atomic mass is 32.1. The molecule has 2 N–H and O–H groups in total. The number of carbonyl (C=O) groups excluding carboxylic acids is 1. The highest BCUT2D eigenvalue weighted by Crippen LogP contribution is 2.29. The van der Waals surface area contributed by atoms with E-state index in [1.165, 1.54) is 11.3 Å². The van der Waals surface area contributed by atoms with Crippen molar-refractivity contribution in [3.8, 4) is 5.75 Å². The maximum atomic E-state index is 13.2. The Kier molecular flexibility index (Phi) is 5.08. The lowest BCUT2D eigenvalue weighted by molar-refractivity contribution is -0.110. The van der Waals surface area contributed by atoms with Crippen molar-refractivity contribution >= 4 is 34.6 Å². The molecule has 2 heterocycles. The van der Waals surface area contributed by atoms with Gasteiger partial charge in [-0.1, -0.05) is 30.3 Å². The zero-order valence-electron chi connectivity index (χ0n) is 16.2. The van der Waals surface area contributed by atoms with Crippen LogP contribution < -0.4 is 20.1 Å². The fourth-order valence-corrected chi connectivity index (χ4v) is 4.45. The van der Waals surface area contributed by atoms with Crippen LogP contribution in [0.5, 0.6) is 5.75 Å². The Bertz CT molecular complexity index is 1250. The number of thiazole rings is 1. The van der Waals surface area contributed by atoms with Gasteiger partial charge in [0, 0.05) is 24.3 Å². The van der Waals surface area contributed by atoms with Crippen LogP contribution in [0.15, 0.2) is 53.3 Å². The molecule has 6 nitrogen and oxygen atoms in total. The van der Waals surface area contributed by atoms with Crippen molar-refractivity contribution < 1.29 is 9.90 Å². The number of nitrogens with zero attached hydrogens (tertiary/aromatic N) is 2. The number of amides is 1. The molecule has 0 saturated carbocycles. The van der Waals surface area contributed by atoms with E-state index in [9.17, 15) is 14.7 Å². The molecule has 0 radical (unpaired) electrons. The van der Waals surface area contributed by atoms with E-state index in [0.29, 0.717) is 27.9 Å². The third-order valence-electron chi connectivity index (χ3n) is 4.75. The minimum Gasteiger partial charge on any atom is -0.508 e. The van der Waals surface area contributed by atoms with Crippen molar-refractivity contribution in [3.63, 3.8) is 0 Å². The number of phenolic OH excluding ortho intramolecular Hbond substituents is 1. The smallest absolute Gasteiger partial charge is 0.269 e. The van der Waals surface area contributed by atoms with E-state index in [0.717, 1.165) is 16.8 Å². The molecule has 0 spiro atoms. The number of likely N-dealkylation sites (N-methyl/N-ethyl adjacent to an activating group) is 1. The van der Waals surface area contributed by atoms with Gasteiger partial charge >= 0.3 is 0 Å². The number of hydrogen-bond donors (Lipinski definition) is 2. The average Bonchev–Trinajstić information content (AvgIpc) is 3.17. The molecule has 0 bridgehead atoms. The summed E-state index contributed by atoms with van der Waals surface area (Å²) in [7, 11) is 3.90. The first kappa shape index (κ1) is 19.2. The van der Waals surface area contributed by atoms with Gasteiger partial charge in [-0.05, 0) is 43.9 Å². The molecular formula is C22H21N3O3S. The predicted molar refractivity (Wildman–Crippen MR) is 116 cm³/mol. The van der Waals surface area contributed by atoms with Crippen LogP contribution in [0.25, 0.3) is 11.6 Å². The van der Waals surface area contributed by atoms with Crippen LogP contribution in [0.2, 0.25) is 0 Å². The van der Waals surface area contributed by atoms with Gasteiger partial charge in [0.2, 0.25) is 0 Å². The van der Waals surface area contributed by atoms with Crippen LogP contribution >= 0.6 is 11.3 Å². The number of aromatic hydroxyl groups is 1. The van der Waals surface area contributed by atoms with Crippen LogP contribution in [-0.4, -0.2) is 41.1 Å². The van der Waals surface area contributed by atoms with Crippen LogP contribution in [0, 0.1) is 0 Å². The number of anilines is 1. The predicted octanol–water partition coefficient (Wildman–Crippen LogP) is 1.16. The van der Waals surface area contributed by atoms with Crippen molar-refractivity contribution in [2.45, 2.75) is 6.54 Å². The number of aromatic nitrogens is 1. The summed E-state index contributed by atoms with van der Waals surface area (Å²) in [6.07, 6.45) is 1.79. The first-order valence-electron chi connectivity index (χ1n) is 9.24. The number of nitrogens with one attached hydrogen (secondary N) is 1. The Hall–Kier alpha value is -3.16. The summed E-state index contributed by atoms with van der Waals surface area (Å²) in [6.45, 7) is 1.17. The molecule has 29 heavy (non-hydrogen) atoms. The van der Waals surface area contributed by atoms with Gasteiger partial charge in [-0.15, -0.1) is 11.3 Å². The summed E-state index contributed by atoms with van der Waals surface area (Å²) >= 11 is 1.32. The van der Waals surface area contributed by atoms with E-state index >= 15 is 0 Å². The highest BCUT2D eigenvalue weighted by Gasteiger charge is 2.26. The van der Waals surface area contributed by atoms with Gasteiger partial charge in [0.1, 0.15) is 10.4 Å². The Morgan fingerprint density at radius 1 is 1.10 bits per heavy atom. The molecule has 3 aromatic rings. The minimum absolute atomic E-state index is 0.121. The lowest BCUT2D eigenvalue weighted by atomic mass is 10.1. The summed E-state index contributed by atoms with van der Waals surface area (Å²) in [5.74, 6) is -0.0190.